The third kappa shape index (κ3) is 5.25. The molecule has 23 heavy (non-hydrogen) atoms. The van der Waals surface area contributed by atoms with Crippen molar-refractivity contribution >= 4 is 23.5 Å². The molecule has 1 N–H and O–H groups in total. The summed E-state index contributed by atoms with van der Waals surface area (Å²) in [5, 5.41) is 2.68. The van der Waals surface area contributed by atoms with Crippen LogP contribution in [-0.2, 0) is 36.7 Å². The second-order valence-corrected chi connectivity index (χ2v) is 5.08. The second-order valence-electron chi connectivity index (χ2n) is 5.08. The Labute approximate surface area is 134 Å². The molecule has 0 saturated heterocycles. The molecule has 0 aromatic heterocycles. The Morgan fingerprint density at radius 2 is 1.78 bits per heavy atom. The van der Waals surface area contributed by atoms with Crippen LogP contribution < -0.4 is 5.32 Å². The quantitative estimate of drug-likeness (QED) is 0.639. The van der Waals surface area contributed by atoms with E-state index in [1.807, 2.05) is 18.2 Å². The summed E-state index contributed by atoms with van der Waals surface area (Å²) < 4.78 is 9.37. The van der Waals surface area contributed by atoms with E-state index >= 15 is 0 Å². The summed E-state index contributed by atoms with van der Waals surface area (Å²) in [6.07, 6.45) is 5.13. The molecule has 0 radical (unpaired) electrons. The monoisotopic (exact) mass is 317 g/mol. The maximum atomic E-state index is 11.8. The van der Waals surface area contributed by atoms with Crippen molar-refractivity contribution in [2.75, 3.05) is 18.5 Å². The van der Waals surface area contributed by atoms with Crippen LogP contribution in [-0.4, -0.2) is 31.1 Å². The lowest BCUT2D eigenvalue weighted by Gasteiger charge is -2.07. The average Bonchev–Trinajstić information content (AvgIpc) is 2.99. The number of fused-ring (bicyclic) bond motifs is 1. The van der Waals surface area contributed by atoms with Crippen molar-refractivity contribution in [3.8, 4) is 0 Å². The minimum Gasteiger partial charge on any atom is -0.463 e. The van der Waals surface area contributed by atoms with Gasteiger partial charge in [0.05, 0.1) is 6.61 Å². The normalized spacial score (nSPS) is 12.7. The van der Waals surface area contributed by atoms with Crippen molar-refractivity contribution in [1.29, 1.82) is 0 Å². The lowest BCUT2D eigenvalue weighted by molar-refractivity contribution is -0.143. The molecule has 1 aliphatic carbocycles. The number of aryl methyl sites for hydroxylation is 2. The first-order valence-electron chi connectivity index (χ1n) is 7.51. The van der Waals surface area contributed by atoms with Crippen molar-refractivity contribution in [3.63, 3.8) is 0 Å². The Morgan fingerprint density at radius 1 is 1.09 bits per heavy atom. The first-order valence-corrected chi connectivity index (χ1v) is 7.51. The maximum absolute atomic E-state index is 11.8. The van der Waals surface area contributed by atoms with Gasteiger partial charge in [-0.2, -0.15) is 0 Å². The molecule has 122 valence electrons. The molecule has 1 aliphatic rings. The molecular formula is C17H19NO5. The number of hydrogen-bond acceptors (Lipinski definition) is 5. The van der Waals surface area contributed by atoms with E-state index in [0.29, 0.717) is 5.69 Å². The molecule has 0 unspecified atom stereocenters. The van der Waals surface area contributed by atoms with Gasteiger partial charge in [-0.05, 0) is 49.4 Å². The molecule has 2 rings (SSSR count). The van der Waals surface area contributed by atoms with Crippen LogP contribution in [0.2, 0.25) is 0 Å². The van der Waals surface area contributed by atoms with Gasteiger partial charge in [-0.25, -0.2) is 9.59 Å². The van der Waals surface area contributed by atoms with Gasteiger partial charge in [0, 0.05) is 17.8 Å². The first-order chi connectivity index (χ1) is 11.1. The first kappa shape index (κ1) is 16.7. The van der Waals surface area contributed by atoms with Gasteiger partial charge < -0.3 is 14.8 Å². The summed E-state index contributed by atoms with van der Waals surface area (Å²) in [6, 6.07) is 5.79. The van der Waals surface area contributed by atoms with Gasteiger partial charge in [0.25, 0.3) is 5.91 Å². The molecule has 6 heteroatoms. The molecule has 0 atom stereocenters. The van der Waals surface area contributed by atoms with Crippen LogP contribution in [0.1, 0.15) is 24.5 Å². The van der Waals surface area contributed by atoms with E-state index in [2.05, 4.69) is 10.1 Å². The summed E-state index contributed by atoms with van der Waals surface area (Å²) in [7, 11) is 0. The van der Waals surface area contributed by atoms with E-state index in [9.17, 15) is 14.4 Å². The zero-order valence-electron chi connectivity index (χ0n) is 13.0. The van der Waals surface area contributed by atoms with Crippen LogP contribution in [0.5, 0.6) is 0 Å². The molecular weight excluding hydrogens is 298 g/mol. The molecule has 0 aliphatic heterocycles. The van der Waals surface area contributed by atoms with Gasteiger partial charge in [0.15, 0.2) is 6.61 Å². The number of benzene rings is 1. The number of amides is 1. The SMILES string of the molecule is CCOC(=O)/C=C/C(=O)OCC(=O)Nc1ccc2c(c1)CCC2. The zero-order chi connectivity index (χ0) is 16.7. The Balaban J connectivity index is 1.77. The fourth-order valence-corrected chi connectivity index (χ4v) is 2.36. The molecule has 0 saturated carbocycles. The number of carbonyl (C=O) groups excluding carboxylic acids is 3. The van der Waals surface area contributed by atoms with E-state index in [1.165, 1.54) is 11.1 Å². The van der Waals surface area contributed by atoms with Gasteiger partial charge in [-0.1, -0.05) is 6.07 Å². The van der Waals surface area contributed by atoms with Crippen molar-refractivity contribution in [2.45, 2.75) is 26.2 Å². The molecule has 1 amide bonds. The highest BCUT2D eigenvalue weighted by molar-refractivity contribution is 5.95. The van der Waals surface area contributed by atoms with Crippen molar-refractivity contribution < 1.29 is 23.9 Å². The third-order valence-corrected chi connectivity index (χ3v) is 3.37. The summed E-state index contributed by atoms with van der Waals surface area (Å²) in [5.74, 6) is -1.84. The predicted octanol–water partition coefficient (Wildman–Crippen LogP) is 1.78. The van der Waals surface area contributed by atoms with Crippen molar-refractivity contribution in [1.82, 2.24) is 0 Å². The minimum absolute atomic E-state index is 0.224. The average molecular weight is 317 g/mol. The van der Waals surface area contributed by atoms with Gasteiger partial charge in [0.1, 0.15) is 0 Å². The third-order valence-electron chi connectivity index (χ3n) is 3.37. The molecule has 6 nitrogen and oxygen atoms in total. The van der Waals surface area contributed by atoms with E-state index in [-0.39, 0.29) is 6.61 Å². The summed E-state index contributed by atoms with van der Waals surface area (Å²) in [5.41, 5.74) is 3.25. The van der Waals surface area contributed by atoms with E-state index in [4.69, 9.17) is 4.74 Å². The fourth-order valence-electron chi connectivity index (χ4n) is 2.36. The van der Waals surface area contributed by atoms with Gasteiger partial charge in [-0.15, -0.1) is 0 Å². The Morgan fingerprint density at radius 3 is 2.52 bits per heavy atom. The molecule has 0 heterocycles. The van der Waals surface area contributed by atoms with Crippen LogP contribution >= 0.6 is 0 Å². The number of rotatable bonds is 6. The number of ether oxygens (including phenoxy) is 2. The molecule has 0 bridgehead atoms. The highest BCUT2D eigenvalue weighted by Crippen LogP contribution is 2.24. The topological polar surface area (TPSA) is 81.7 Å². The molecule has 0 fully saturated rings. The van der Waals surface area contributed by atoms with E-state index in [1.54, 1.807) is 6.92 Å². The van der Waals surface area contributed by atoms with Crippen molar-refractivity contribution in [2.24, 2.45) is 0 Å². The lowest BCUT2D eigenvalue weighted by atomic mass is 10.1. The fraction of sp³-hybridized carbons (Fsp3) is 0.353. The summed E-state index contributed by atoms with van der Waals surface area (Å²) >= 11 is 0. The van der Waals surface area contributed by atoms with Crippen molar-refractivity contribution in [3.05, 3.63) is 41.5 Å². The number of nitrogens with one attached hydrogen (secondary N) is 1. The zero-order valence-corrected chi connectivity index (χ0v) is 13.0. The molecule has 0 spiro atoms. The minimum atomic E-state index is -0.776. The van der Waals surface area contributed by atoms with Gasteiger partial charge in [0.2, 0.25) is 0 Å². The Hall–Kier alpha value is -2.63. The van der Waals surface area contributed by atoms with Crippen LogP contribution in [0.3, 0.4) is 0 Å². The van der Waals surface area contributed by atoms with Crippen LogP contribution in [0, 0.1) is 0 Å². The lowest BCUT2D eigenvalue weighted by Crippen LogP contribution is -2.20. The standard InChI is InChI=1S/C17H19NO5/c1-2-22-16(20)8-9-17(21)23-11-15(19)18-14-7-6-12-4-3-5-13(12)10-14/h6-10H,2-5,11H2,1H3,(H,18,19)/b9-8+. The van der Waals surface area contributed by atoms with Gasteiger partial charge >= 0.3 is 11.9 Å². The number of hydrogen-bond donors (Lipinski definition) is 1. The Bertz CT molecular complexity index is 636. The van der Waals surface area contributed by atoms with E-state index < -0.39 is 24.5 Å². The largest absolute Gasteiger partial charge is 0.463 e. The van der Waals surface area contributed by atoms with Crippen LogP contribution in [0.15, 0.2) is 30.4 Å². The number of anilines is 1. The predicted molar refractivity (Wildman–Crippen MR) is 83.8 cm³/mol. The summed E-state index contributed by atoms with van der Waals surface area (Å²) in [6.45, 7) is 1.47. The second kappa shape index (κ2) is 8.12. The van der Waals surface area contributed by atoms with Crippen LogP contribution in [0.25, 0.3) is 0 Å². The summed E-state index contributed by atoms with van der Waals surface area (Å²) in [4.78, 5) is 34.1. The maximum Gasteiger partial charge on any atom is 0.331 e. The Kier molecular flexibility index (Phi) is 5.91. The van der Waals surface area contributed by atoms with Crippen LogP contribution in [0.4, 0.5) is 5.69 Å². The smallest absolute Gasteiger partial charge is 0.331 e. The number of carbonyl (C=O) groups is 3. The highest BCUT2D eigenvalue weighted by atomic mass is 16.5. The highest BCUT2D eigenvalue weighted by Gasteiger charge is 2.12. The molecule has 1 aromatic rings. The van der Waals surface area contributed by atoms with Gasteiger partial charge in [-0.3, -0.25) is 4.79 Å². The van der Waals surface area contributed by atoms with E-state index in [0.717, 1.165) is 31.4 Å². The number of esters is 2. The molecule has 1 aromatic carbocycles.